The summed E-state index contributed by atoms with van der Waals surface area (Å²) in [4.78, 5) is 11.4. The highest BCUT2D eigenvalue weighted by atomic mass is 15.2. The van der Waals surface area contributed by atoms with E-state index in [1.54, 1.807) is 0 Å². The van der Waals surface area contributed by atoms with E-state index in [1.165, 1.54) is 5.56 Å². The molecule has 1 aliphatic rings. The highest BCUT2D eigenvalue weighted by molar-refractivity contribution is 5.15. The van der Waals surface area contributed by atoms with Crippen molar-refractivity contribution in [1.82, 2.24) is 25.5 Å². The SMILES string of the molecule is c1ccc(CN2C[C@@H](NCc3ccccn3)[C@H](NCc3ccccn3)C2)cc1. The lowest BCUT2D eigenvalue weighted by molar-refractivity contribution is 0.315. The minimum Gasteiger partial charge on any atom is -0.306 e. The molecule has 5 nitrogen and oxygen atoms in total. The minimum atomic E-state index is 0.370. The van der Waals surface area contributed by atoms with E-state index in [-0.39, 0.29) is 0 Å². The zero-order valence-electron chi connectivity index (χ0n) is 16.0. The van der Waals surface area contributed by atoms with Crippen LogP contribution in [0.4, 0.5) is 0 Å². The van der Waals surface area contributed by atoms with Crippen molar-refractivity contribution in [3.63, 3.8) is 0 Å². The Bertz CT molecular complexity index is 774. The van der Waals surface area contributed by atoms with Gasteiger partial charge in [-0.1, -0.05) is 42.5 Å². The quantitative estimate of drug-likeness (QED) is 0.636. The van der Waals surface area contributed by atoms with Crippen LogP contribution in [0.15, 0.2) is 79.1 Å². The van der Waals surface area contributed by atoms with Crippen molar-refractivity contribution >= 4 is 0 Å². The fourth-order valence-electron chi connectivity index (χ4n) is 3.75. The lowest BCUT2D eigenvalue weighted by Crippen LogP contribution is -2.46. The van der Waals surface area contributed by atoms with Crippen LogP contribution >= 0.6 is 0 Å². The fraction of sp³-hybridized carbons (Fsp3) is 0.304. The monoisotopic (exact) mass is 373 g/mol. The molecule has 0 radical (unpaired) electrons. The van der Waals surface area contributed by atoms with Gasteiger partial charge in [-0.05, 0) is 29.8 Å². The standard InChI is InChI=1S/C23H27N5/c1-2-8-19(9-3-1)16-28-17-22(26-14-20-10-4-6-12-24-20)23(18-28)27-15-21-11-5-7-13-25-21/h1-13,22-23,26-27H,14-18H2/t22-,23-/m1/s1. The van der Waals surface area contributed by atoms with Crippen molar-refractivity contribution in [2.45, 2.75) is 31.7 Å². The Morgan fingerprint density at radius 3 is 1.75 bits per heavy atom. The lowest BCUT2D eigenvalue weighted by atomic mass is 10.1. The summed E-state index contributed by atoms with van der Waals surface area (Å²) >= 11 is 0. The van der Waals surface area contributed by atoms with Crippen molar-refractivity contribution in [2.24, 2.45) is 0 Å². The first-order chi connectivity index (χ1) is 13.9. The summed E-state index contributed by atoms with van der Waals surface area (Å²) in [5.41, 5.74) is 3.51. The Hall–Kier alpha value is -2.60. The molecule has 2 atom stereocenters. The van der Waals surface area contributed by atoms with Gasteiger partial charge in [-0.3, -0.25) is 14.9 Å². The van der Waals surface area contributed by atoms with E-state index in [1.807, 2.05) is 36.7 Å². The van der Waals surface area contributed by atoms with E-state index in [0.717, 1.165) is 44.1 Å². The molecule has 0 spiro atoms. The summed E-state index contributed by atoms with van der Waals surface area (Å²) in [5.74, 6) is 0. The van der Waals surface area contributed by atoms with Crippen molar-refractivity contribution in [3.8, 4) is 0 Å². The largest absolute Gasteiger partial charge is 0.306 e. The van der Waals surface area contributed by atoms with Crippen LogP contribution in [0.1, 0.15) is 17.0 Å². The molecule has 1 fully saturated rings. The van der Waals surface area contributed by atoms with E-state index < -0.39 is 0 Å². The zero-order chi connectivity index (χ0) is 19.0. The average molecular weight is 374 g/mol. The zero-order valence-corrected chi connectivity index (χ0v) is 16.0. The molecule has 5 heteroatoms. The number of benzene rings is 1. The number of aromatic nitrogens is 2. The predicted octanol–water partition coefficient (Wildman–Crippen LogP) is 2.61. The predicted molar refractivity (Wildman–Crippen MR) is 111 cm³/mol. The average Bonchev–Trinajstić information content (AvgIpc) is 3.14. The van der Waals surface area contributed by atoms with Crippen LogP contribution < -0.4 is 10.6 Å². The van der Waals surface area contributed by atoms with Crippen molar-refractivity contribution in [3.05, 3.63) is 96.1 Å². The van der Waals surface area contributed by atoms with Gasteiger partial charge in [0.2, 0.25) is 0 Å². The Morgan fingerprint density at radius 1 is 0.714 bits per heavy atom. The van der Waals surface area contributed by atoms with Gasteiger partial charge in [0, 0.05) is 57.2 Å². The summed E-state index contributed by atoms with van der Waals surface area (Å²) in [7, 11) is 0. The van der Waals surface area contributed by atoms with Gasteiger partial charge in [-0.15, -0.1) is 0 Å². The van der Waals surface area contributed by atoms with E-state index in [4.69, 9.17) is 0 Å². The molecule has 0 bridgehead atoms. The third kappa shape index (κ3) is 5.23. The summed E-state index contributed by atoms with van der Waals surface area (Å²) in [6, 6.07) is 23.6. The van der Waals surface area contributed by atoms with E-state index >= 15 is 0 Å². The fourth-order valence-corrected chi connectivity index (χ4v) is 3.75. The molecule has 0 unspecified atom stereocenters. The molecular weight excluding hydrogens is 346 g/mol. The smallest absolute Gasteiger partial charge is 0.0541 e. The lowest BCUT2D eigenvalue weighted by Gasteiger charge is -2.21. The summed E-state index contributed by atoms with van der Waals surface area (Å²) < 4.78 is 0. The van der Waals surface area contributed by atoms with Gasteiger partial charge in [0.15, 0.2) is 0 Å². The first kappa shape index (κ1) is 18.7. The van der Waals surface area contributed by atoms with Crippen LogP contribution in [-0.4, -0.2) is 40.0 Å². The van der Waals surface area contributed by atoms with Crippen LogP contribution in [0.5, 0.6) is 0 Å². The van der Waals surface area contributed by atoms with Gasteiger partial charge in [0.1, 0.15) is 0 Å². The maximum atomic E-state index is 4.44. The molecule has 1 saturated heterocycles. The highest BCUT2D eigenvalue weighted by Crippen LogP contribution is 2.15. The van der Waals surface area contributed by atoms with Crippen LogP contribution in [0, 0.1) is 0 Å². The maximum absolute atomic E-state index is 4.44. The van der Waals surface area contributed by atoms with Crippen LogP contribution in [-0.2, 0) is 19.6 Å². The Kier molecular flexibility index (Phi) is 6.40. The van der Waals surface area contributed by atoms with Crippen molar-refractivity contribution in [2.75, 3.05) is 13.1 Å². The molecule has 0 saturated carbocycles. The molecule has 144 valence electrons. The van der Waals surface area contributed by atoms with E-state index in [9.17, 15) is 0 Å². The molecule has 0 aliphatic carbocycles. The second kappa shape index (κ2) is 9.55. The molecule has 2 aromatic heterocycles. The van der Waals surface area contributed by atoms with Gasteiger partial charge in [0.25, 0.3) is 0 Å². The van der Waals surface area contributed by atoms with Crippen LogP contribution in [0.3, 0.4) is 0 Å². The van der Waals surface area contributed by atoms with Gasteiger partial charge in [-0.2, -0.15) is 0 Å². The summed E-state index contributed by atoms with van der Waals surface area (Å²) in [6.07, 6.45) is 3.70. The van der Waals surface area contributed by atoms with Gasteiger partial charge < -0.3 is 10.6 Å². The highest BCUT2D eigenvalue weighted by Gasteiger charge is 2.32. The molecule has 3 heterocycles. The number of rotatable bonds is 8. The molecule has 1 aliphatic heterocycles. The normalized spacial score (nSPS) is 19.7. The molecule has 3 aromatic rings. The minimum absolute atomic E-state index is 0.370. The number of likely N-dealkylation sites (tertiary alicyclic amines) is 1. The first-order valence-electron chi connectivity index (χ1n) is 9.90. The second-order valence-electron chi connectivity index (χ2n) is 7.30. The van der Waals surface area contributed by atoms with Crippen LogP contribution in [0.2, 0.25) is 0 Å². The van der Waals surface area contributed by atoms with Crippen LogP contribution in [0.25, 0.3) is 0 Å². The van der Waals surface area contributed by atoms with E-state index in [2.05, 4.69) is 68.0 Å². The summed E-state index contributed by atoms with van der Waals surface area (Å²) in [6.45, 7) is 4.58. The number of hydrogen-bond donors (Lipinski definition) is 2. The Labute approximate surface area is 166 Å². The van der Waals surface area contributed by atoms with Crippen molar-refractivity contribution in [1.29, 1.82) is 0 Å². The van der Waals surface area contributed by atoms with Gasteiger partial charge in [0.05, 0.1) is 11.4 Å². The molecule has 2 N–H and O–H groups in total. The first-order valence-corrected chi connectivity index (χ1v) is 9.90. The topological polar surface area (TPSA) is 53.1 Å². The number of nitrogens with one attached hydrogen (secondary N) is 2. The number of nitrogens with zero attached hydrogens (tertiary/aromatic N) is 3. The van der Waals surface area contributed by atoms with E-state index in [0.29, 0.717) is 12.1 Å². The van der Waals surface area contributed by atoms with Crippen molar-refractivity contribution < 1.29 is 0 Å². The maximum Gasteiger partial charge on any atom is 0.0541 e. The number of hydrogen-bond acceptors (Lipinski definition) is 5. The molecule has 0 amide bonds. The third-order valence-corrected chi connectivity index (χ3v) is 5.19. The Balaban J connectivity index is 1.39. The molecular formula is C23H27N5. The Morgan fingerprint density at radius 2 is 1.25 bits per heavy atom. The van der Waals surface area contributed by atoms with Gasteiger partial charge in [-0.25, -0.2) is 0 Å². The third-order valence-electron chi connectivity index (χ3n) is 5.19. The molecule has 28 heavy (non-hydrogen) atoms. The van der Waals surface area contributed by atoms with Gasteiger partial charge >= 0.3 is 0 Å². The second-order valence-corrected chi connectivity index (χ2v) is 7.30. The molecule has 4 rings (SSSR count). The molecule has 1 aromatic carbocycles. The summed E-state index contributed by atoms with van der Waals surface area (Å²) in [5, 5.41) is 7.43. The number of pyridine rings is 2.